The average molecular weight is 385 g/mol. The summed E-state index contributed by atoms with van der Waals surface area (Å²) in [4.78, 5) is 38.1. The first-order valence-electron chi connectivity index (χ1n) is 9.15. The molecule has 156 valence electrons. The number of carboxylic acid groups (broad SMARTS) is 1. The summed E-state index contributed by atoms with van der Waals surface area (Å²) in [5.74, 6) is -1.34. The first-order valence-corrected chi connectivity index (χ1v) is 9.15. The fourth-order valence-electron chi connectivity index (χ4n) is 2.50. The molecule has 0 aliphatic rings. The van der Waals surface area contributed by atoms with Gasteiger partial charge in [0.15, 0.2) is 0 Å². The van der Waals surface area contributed by atoms with Crippen molar-refractivity contribution in [3.05, 3.63) is 11.6 Å². The van der Waals surface area contributed by atoms with Gasteiger partial charge in [-0.05, 0) is 39.0 Å². The molecule has 0 aromatic rings. The molecule has 0 fully saturated rings. The van der Waals surface area contributed by atoms with Crippen molar-refractivity contribution in [1.82, 2.24) is 10.2 Å². The van der Waals surface area contributed by atoms with E-state index < -0.39 is 35.2 Å². The fourth-order valence-corrected chi connectivity index (χ4v) is 2.50. The van der Waals surface area contributed by atoms with Crippen LogP contribution in [0.15, 0.2) is 11.6 Å². The highest BCUT2D eigenvalue weighted by Gasteiger charge is 2.37. The van der Waals surface area contributed by atoms with Crippen molar-refractivity contribution in [1.29, 1.82) is 0 Å². The molecule has 0 saturated carbocycles. The van der Waals surface area contributed by atoms with E-state index in [0.717, 1.165) is 0 Å². The molecule has 27 heavy (non-hydrogen) atoms. The Balaban J connectivity index is 5.67. The molecule has 7 nitrogen and oxygen atoms in total. The molecule has 0 bridgehead atoms. The predicted octanol–water partition coefficient (Wildman–Crippen LogP) is 3.44. The van der Waals surface area contributed by atoms with Gasteiger partial charge < -0.3 is 20.1 Å². The molecular formula is C20H36N2O5. The molecule has 0 radical (unpaired) electrons. The van der Waals surface area contributed by atoms with Gasteiger partial charge in [0.2, 0.25) is 5.91 Å². The van der Waals surface area contributed by atoms with E-state index >= 15 is 0 Å². The minimum absolute atomic E-state index is 0.00426. The number of nitrogens with zero attached hydrogens (tertiary/aromatic N) is 1. The number of likely N-dealkylation sites (N-methyl/N-ethyl adjacent to an activating group) is 1. The van der Waals surface area contributed by atoms with Gasteiger partial charge in [-0.25, -0.2) is 9.59 Å². The molecule has 0 saturated heterocycles. The Labute approximate surface area is 163 Å². The van der Waals surface area contributed by atoms with Gasteiger partial charge in [-0.15, -0.1) is 0 Å². The Kier molecular flexibility index (Phi) is 8.54. The fraction of sp³-hybridized carbons (Fsp3) is 0.750. The maximum atomic E-state index is 13.2. The summed E-state index contributed by atoms with van der Waals surface area (Å²) in [6.45, 7) is 16.1. The van der Waals surface area contributed by atoms with Crippen LogP contribution < -0.4 is 5.32 Å². The van der Waals surface area contributed by atoms with Crippen LogP contribution in [0.2, 0.25) is 0 Å². The number of aliphatic carboxylic acids is 1. The molecule has 2 N–H and O–H groups in total. The SMILES string of the molecule is CC(=CC(C(C)C)N(C)C(=O)C(NC(=O)OC(C)(C)C)C(C)(C)C)C(=O)O. The molecule has 2 unspecified atom stereocenters. The van der Waals surface area contributed by atoms with Crippen molar-refractivity contribution in [3.8, 4) is 0 Å². The van der Waals surface area contributed by atoms with Gasteiger partial charge in [-0.3, -0.25) is 4.79 Å². The molecule has 0 aromatic heterocycles. The second kappa shape index (κ2) is 9.24. The van der Waals surface area contributed by atoms with Crippen LogP contribution in [-0.4, -0.2) is 52.7 Å². The van der Waals surface area contributed by atoms with Gasteiger partial charge in [-0.2, -0.15) is 0 Å². The number of ether oxygens (including phenoxy) is 1. The average Bonchev–Trinajstić information content (AvgIpc) is 2.45. The van der Waals surface area contributed by atoms with Crippen LogP contribution in [0.1, 0.15) is 62.3 Å². The molecule has 0 aliphatic heterocycles. The molecule has 7 heteroatoms. The quantitative estimate of drug-likeness (QED) is 0.684. The number of rotatable bonds is 6. The van der Waals surface area contributed by atoms with Crippen molar-refractivity contribution < 1.29 is 24.2 Å². The third-order valence-electron chi connectivity index (χ3n) is 4.01. The van der Waals surface area contributed by atoms with Crippen LogP contribution in [0.4, 0.5) is 4.79 Å². The number of alkyl carbamates (subject to hydrolysis) is 1. The monoisotopic (exact) mass is 384 g/mol. The lowest BCUT2D eigenvalue weighted by Crippen LogP contribution is -2.56. The van der Waals surface area contributed by atoms with E-state index in [1.54, 1.807) is 33.9 Å². The van der Waals surface area contributed by atoms with Gasteiger partial charge >= 0.3 is 12.1 Å². The first-order chi connectivity index (χ1) is 12.0. The highest BCUT2D eigenvalue weighted by molar-refractivity contribution is 5.88. The number of nitrogens with one attached hydrogen (secondary N) is 1. The third-order valence-corrected chi connectivity index (χ3v) is 4.01. The standard InChI is InChI=1S/C20H36N2O5/c1-12(2)14(11-13(3)17(24)25)22(10)16(23)15(19(4,5)6)21-18(26)27-20(7,8)9/h11-12,14-15H,1-10H3,(H,21,26)(H,24,25). The molecule has 0 spiro atoms. The van der Waals surface area contributed by atoms with Gasteiger partial charge in [0, 0.05) is 12.6 Å². The minimum Gasteiger partial charge on any atom is -0.478 e. The summed E-state index contributed by atoms with van der Waals surface area (Å²) in [7, 11) is 1.62. The molecule has 0 aromatic carbocycles. The van der Waals surface area contributed by atoms with Crippen molar-refractivity contribution in [2.24, 2.45) is 11.3 Å². The number of hydrogen-bond donors (Lipinski definition) is 2. The van der Waals surface area contributed by atoms with Gasteiger partial charge in [0.05, 0.1) is 6.04 Å². The number of carbonyl (C=O) groups excluding carboxylic acids is 2. The molecule has 0 rings (SSSR count). The van der Waals surface area contributed by atoms with E-state index in [1.807, 2.05) is 34.6 Å². The number of carbonyl (C=O) groups is 3. The molecule has 0 aliphatic carbocycles. The number of carboxylic acids is 1. The Morgan fingerprint density at radius 2 is 1.56 bits per heavy atom. The summed E-state index contributed by atoms with van der Waals surface area (Å²) < 4.78 is 5.29. The number of hydrogen-bond acceptors (Lipinski definition) is 4. The number of amides is 2. The highest BCUT2D eigenvalue weighted by atomic mass is 16.6. The predicted molar refractivity (Wildman–Crippen MR) is 105 cm³/mol. The Morgan fingerprint density at radius 3 is 1.89 bits per heavy atom. The smallest absolute Gasteiger partial charge is 0.408 e. The first kappa shape index (κ1) is 24.9. The Morgan fingerprint density at radius 1 is 1.07 bits per heavy atom. The lowest BCUT2D eigenvalue weighted by Gasteiger charge is -2.37. The maximum absolute atomic E-state index is 13.2. The van der Waals surface area contributed by atoms with Crippen LogP contribution in [0.5, 0.6) is 0 Å². The van der Waals surface area contributed by atoms with E-state index in [1.165, 1.54) is 11.8 Å². The van der Waals surface area contributed by atoms with Gasteiger partial charge in [-0.1, -0.05) is 40.7 Å². The van der Waals surface area contributed by atoms with E-state index in [2.05, 4.69) is 5.32 Å². The van der Waals surface area contributed by atoms with E-state index in [-0.39, 0.29) is 17.4 Å². The van der Waals surface area contributed by atoms with Crippen LogP contribution in [-0.2, 0) is 14.3 Å². The van der Waals surface area contributed by atoms with E-state index in [0.29, 0.717) is 0 Å². The lowest BCUT2D eigenvalue weighted by atomic mass is 9.85. The Bertz CT molecular complexity index is 582. The normalized spacial score (nSPS) is 15.1. The molecular weight excluding hydrogens is 348 g/mol. The zero-order chi connectivity index (χ0) is 21.7. The van der Waals surface area contributed by atoms with Crippen LogP contribution in [0.3, 0.4) is 0 Å². The second-order valence-electron chi connectivity index (χ2n) is 9.28. The molecule has 0 heterocycles. The lowest BCUT2D eigenvalue weighted by molar-refractivity contribution is -0.137. The zero-order valence-electron chi connectivity index (χ0n) is 18.3. The van der Waals surface area contributed by atoms with E-state index in [9.17, 15) is 14.4 Å². The minimum atomic E-state index is -1.03. The second-order valence-corrected chi connectivity index (χ2v) is 9.28. The topological polar surface area (TPSA) is 95.9 Å². The summed E-state index contributed by atoms with van der Waals surface area (Å²) in [5.41, 5.74) is -1.07. The van der Waals surface area contributed by atoms with Gasteiger partial charge in [0.1, 0.15) is 11.6 Å². The van der Waals surface area contributed by atoms with Gasteiger partial charge in [0.25, 0.3) is 0 Å². The highest BCUT2D eigenvalue weighted by Crippen LogP contribution is 2.24. The molecule has 2 amide bonds. The largest absolute Gasteiger partial charge is 0.478 e. The van der Waals surface area contributed by atoms with Crippen molar-refractivity contribution in [2.45, 2.75) is 80.0 Å². The summed E-state index contributed by atoms with van der Waals surface area (Å²) in [6, 6.07) is -1.24. The van der Waals surface area contributed by atoms with Crippen LogP contribution in [0, 0.1) is 11.3 Å². The van der Waals surface area contributed by atoms with Crippen LogP contribution >= 0.6 is 0 Å². The van der Waals surface area contributed by atoms with Crippen molar-refractivity contribution in [2.75, 3.05) is 7.05 Å². The van der Waals surface area contributed by atoms with Crippen LogP contribution in [0.25, 0.3) is 0 Å². The maximum Gasteiger partial charge on any atom is 0.408 e. The summed E-state index contributed by atoms with van der Waals surface area (Å²) >= 11 is 0. The third kappa shape index (κ3) is 8.45. The summed E-state index contributed by atoms with van der Waals surface area (Å²) in [5, 5.41) is 11.8. The summed E-state index contributed by atoms with van der Waals surface area (Å²) in [6.07, 6.45) is 0.903. The van der Waals surface area contributed by atoms with Crippen molar-refractivity contribution in [3.63, 3.8) is 0 Å². The molecule has 2 atom stereocenters. The van der Waals surface area contributed by atoms with Crippen molar-refractivity contribution >= 4 is 18.0 Å². The van der Waals surface area contributed by atoms with E-state index in [4.69, 9.17) is 9.84 Å². The zero-order valence-corrected chi connectivity index (χ0v) is 18.3. The Hall–Kier alpha value is -2.05.